The van der Waals surface area contributed by atoms with Crippen molar-refractivity contribution >= 4 is 12.0 Å². The van der Waals surface area contributed by atoms with E-state index in [-0.39, 0.29) is 24.0 Å². The maximum absolute atomic E-state index is 12.2. The van der Waals surface area contributed by atoms with Gasteiger partial charge in [-0.2, -0.15) is 0 Å². The predicted molar refractivity (Wildman–Crippen MR) is 69.4 cm³/mol. The second-order valence-electron chi connectivity index (χ2n) is 5.55. The highest BCUT2D eigenvalue weighted by Crippen LogP contribution is 2.22. The lowest BCUT2D eigenvalue weighted by atomic mass is 9.98. The van der Waals surface area contributed by atoms with Gasteiger partial charge in [-0.3, -0.25) is 0 Å². The number of carboxylic acids is 1. The fraction of sp³-hybridized carbons (Fsp3) is 0.846. The standard InChI is InChI=1S/C13H24N2O3/c1-8(2)11(12(16)17)14-13(18)15-9(3)6-5-7-10(15)4/h8-11H,5-7H2,1-4H3,(H,14,18)(H,16,17)/t9?,10?,11-/m1/s1. The van der Waals surface area contributed by atoms with Crippen LogP contribution in [0, 0.1) is 5.92 Å². The molecule has 1 fully saturated rings. The number of nitrogens with one attached hydrogen (secondary N) is 1. The summed E-state index contributed by atoms with van der Waals surface area (Å²) in [6, 6.07) is -0.722. The summed E-state index contributed by atoms with van der Waals surface area (Å²) < 4.78 is 0. The number of hydrogen-bond donors (Lipinski definition) is 2. The van der Waals surface area contributed by atoms with Crippen LogP contribution >= 0.6 is 0 Å². The molecule has 0 aromatic carbocycles. The van der Waals surface area contributed by atoms with Gasteiger partial charge < -0.3 is 15.3 Å². The molecule has 2 N–H and O–H groups in total. The Kier molecular flexibility index (Phi) is 4.99. The van der Waals surface area contributed by atoms with Crippen LogP contribution in [-0.2, 0) is 4.79 Å². The molecule has 104 valence electrons. The van der Waals surface area contributed by atoms with E-state index in [2.05, 4.69) is 5.32 Å². The lowest BCUT2D eigenvalue weighted by Crippen LogP contribution is -2.56. The Balaban J connectivity index is 2.70. The number of urea groups is 1. The summed E-state index contributed by atoms with van der Waals surface area (Å²) in [7, 11) is 0. The monoisotopic (exact) mass is 256 g/mol. The number of carbonyl (C=O) groups excluding carboxylic acids is 1. The number of carboxylic acid groups (broad SMARTS) is 1. The molecule has 5 nitrogen and oxygen atoms in total. The van der Waals surface area contributed by atoms with E-state index in [1.165, 1.54) is 0 Å². The molecular formula is C13H24N2O3. The molecule has 3 atom stereocenters. The van der Waals surface area contributed by atoms with Crippen LogP contribution in [0.4, 0.5) is 4.79 Å². The largest absolute Gasteiger partial charge is 0.480 e. The Labute approximate surface area is 109 Å². The number of likely N-dealkylation sites (tertiary alicyclic amines) is 1. The Hall–Kier alpha value is -1.26. The molecule has 18 heavy (non-hydrogen) atoms. The van der Waals surface area contributed by atoms with E-state index in [1.807, 2.05) is 13.8 Å². The summed E-state index contributed by atoms with van der Waals surface area (Å²) >= 11 is 0. The molecular weight excluding hydrogens is 232 g/mol. The predicted octanol–water partition coefficient (Wildman–Crippen LogP) is 2.07. The van der Waals surface area contributed by atoms with Crippen molar-refractivity contribution in [1.82, 2.24) is 10.2 Å². The summed E-state index contributed by atoms with van der Waals surface area (Å²) in [4.78, 5) is 25.1. The van der Waals surface area contributed by atoms with Gasteiger partial charge in [0, 0.05) is 12.1 Å². The summed E-state index contributed by atoms with van der Waals surface area (Å²) in [5.41, 5.74) is 0. The van der Waals surface area contributed by atoms with Crippen LogP contribution < -0.4 is 5.32 Å². The fourth-order valence-corrected chi connectivity index (χ4v) is 2.54. The van der Waals surface area contributed by atoms with Gasteiger partial charge in [0.05, 0.1) is 0 Å². The number of piperidine rings is 1. The summed E-state index contributed by atoms with van der Waals surface area (Å²) in [5, 5.41) is 11.7. The van der Waals surface area contributed by atoms with Gasteiger partial charge in [-0.1, -0.05) is 13.8 Å². The average Bonchev–Trinajstić information content (AvgIpc) is 2.24. The van der Waals surface area contributed by atoms with Gasteiger partial charge in [-0.25, -0.2) is 9.59 Å². The number of hydrogen-bond acceptors (Lipinski definition) is 2. The molecule has 0 saturated carbocycles. The van der Waals surface area contributed by atoms with Crippen molar-refractivity contribution < 1.29 is 14.7 Å². The molecule has 0 spiro atoms. The van der Waals surface area contributed by atoms with Gasteiger partial charge in [-0.15, -0.1) is 0 Å². The quantitative estimate of drug-likeness (QED) is 0.812. The van der Waals surface area contributed by atoms with Gasteiger partial charge >= 0.3 is 12.0 Å². The third-order valence-corrected chi connectivity index (χ3v) is 3.64. The molecule has 0 radical (unpaired) electrons. The molecule has 0 aromatic heterocycles. The number of aliphatic carboxylic acids is 1. The van der Waals surface area contributed by atoms with Crippen LogP contribution in [0.3, 0.4) is 0 Å². The highest BCUT2D eigenvalue weighted by molar-refractivity contribution is 5.83. The van der Waals surface area contributed by atoms with Crippen molar-refractivity contribution in [3.05, 3.63) is 0 Å². The van der Waals surface area contributed by atoms with Crippen molar-refractivity contribution in [3.63, 3.8) is 0 Å². The summed E-state index contributed by atoms with van der Waals surface area (Å²) in [6.07, 6.45) is 3.09. The van der Waals surface area contributed by atoms with E-state index < -0.39 is 12.0 Å². The van der Waals surface area contributed by atoms with Crippen molar-refractivity contribution in [2.75, 3.05) is 0 Å². The van der Waals surface area contributed by atoms with Crippen LogP contribution in [0.25, 0.3) is 0 Å². The smallest absolute Gasteiger partial charge is 0.326 e. The van der Waals surface area contributed by atoms with Gasteiger partial charge in [-0.05, 0) is 39.0 Å². The van der Waals surface area contributed by atoms with Gasteiger partial charge in [0.25, 0.3) is 0 Å². The third-order valence-electron chi connectivity index (χ3n) is 3.64. The minimum atomic E-state index is -0.976. The van der Waals surface area contributed by atoms with Crippen molar-refractivity contribution in [3.8, 4) is 0 Å². The number of nitrogens with zero attached hydrogens (tertiary/aromatic N) is 1. The summed E-state index contributed by atoms with van der Waals surface area (Å²) in [5.74, 6) is -1.10. The molecule has 0 aliphatic carbocycles. The topological polar surface area (TPSA) is 69.6 Å². The van der Waals surface area contributed by atoms with Crippen LogP contribution in [0.2, 0.25) is 0 Å². The van der Waals surface area contributed by atoms with Crippen LogP contribution in [-0.4, -0.2) is 40.1 Å². The number of amides is 2. The zero-order valence-electron chi connectivity index (χ0n) is 11.6. The van der Waals surface area contributed by atoms with E-state index in [0.29, 0.717) is 0 Å². The first-order chi connectivity index (χ1) is 8.34. The first-order valence-electron chi connectivity index (χ1n) is 6.66. The van der Waals surface area contributed by atoms with Crippen molar-refractivity contribution in [2.45, 2.75) is 65.1 Å². The van der Waals surface area contributed by atoms with E-state index in [1.54, 1.807) is 18.7 Å². The highest BCUT2D eigenvalue weighted by atomic mass is 16.4. The van der Waals surface area contributed by atoms with Crippen molar-refractivity contribution in [2.24, 2.45) is 5.92 Å². The highest BCUT2D eigenvalue weighted by Gasteiger charge is 2.32. The first-order valence-corrected chi connectivity index (χ1v) is 6.66. The molecule has 0 aromatic rings. The third kappa shape index (κ3) is 3.37. The molecule has 1 aliphatic heterocycles. The lowest BCUT2D eigenvalue weighted by Gasteiger charge is -2.39. The van der Waals surface area contributed by atoms with E-state index in [0.717, 1.165) is 19.3 Å². The molecule has 2 unspecified atom stereocenters. The SMILES string of the molecule is CC(C)[C@@H](NC(=O)N1C(C)CCCC1C)C(=O)O. The Morgan fingerprint density at radius 1 is 1.22 bits per heavy atom. The maximum Gasteiger partial charge on any atom is 0.326 e. The van der Waals surface area contributed by atoms with E-state index >= 15 is 0 Å². The van der Waals surface area contributed by atoms with Crippen LogP contribution in [0.5, 0.6) is 0 Å². The first kappa shape index (κ1) is 14.8. The fourth-order valence-electron chi connectivity index (χ4n) is 2.54. The molecule has 2 amide bonds. The molecule has 1 heterocycles. The van der Waals surface area contributed by atoms with E-state index in [9.17, 15) is 9.59 Å². The zero-order chi connectivity index (χ0) is 13.9. The van der Waals surface area contributed by atoms with Gasteiger partial charge in [0.15, 0.2) is 0 Å². The Morgan fingerprint density at radius 3 is 2.11 bits per heavy atom. The zero-order valence-corrected chi connectivity index (χ0v) is 11.6. The normalized spacial score (nSPS) is 25.9. The molecule has 1 saturated heterocycles. The minimum Gasteiger partial charge on any atom is -0.480 e. The van der Waals surface area contributed by atoms with Gasteiger partial charge in [0.2, 0.25) is 0 Å². The second-order valence-corrected chi connectivity index (χ2v) is 5.55. The number of carbonyl (C=O) groups is 2. The maximum atomic E-state index is 12.2. The minimum absolute atomic E-state index is 0.123. The number of rotatable bonds is 3. The van der Waals surface area contributed by atoms with Crippen LogP contribution in [0.15, 0.2) is 0 Å². The molecule has 0 bridgehead atoms. The molecule has 5 heteroatoms. The van der Waals surface area contributed by atoms with Crippen LogP contribution in [0.1, 0.15) is 47.0 Å². The Morgan fingerprint density at radius 2 is 1.72 bits per heavy atom. The lowest BCUT2D eigenvalue weighted by molar-refractivity contribution is -0.140. The molecule has 1 rings (SSSR count). The average molecular weight is 256 g/mol. The van der Waals surface area contributed by atoms with Gasteiger partial charge in [0.1, 0.15) is 6.04 Å². The Bertz CT molecular complexity index is 307. The molecule has 1 aliphatic rings. The van der Waals surface area contributed by atoms with Crippen molar-refractivity contribution in [1.29, 1.82) is 0 Å². The second kappa shape index (κ2) is 6.07. The van der Waals surface area contributed by atoms with E-state index in [4.69, 9.17) is 5.11 Å². The summed E-state index contributed by atoms with van der Waals surface area (Å²) in [6.45, 7) is 7.62.